The van der Waals surface area contributed by atoms with E-state index in [0.29, 0.717) is 10.2 Å². The Morgan fingerprint density at radius 2 is 2.00 bits per heavy atom. The predicted molar refractivity (Wildman–Crippen MR) is 127 cm³/mol. The zero-order valence-corrected chi connectivity index (χ0v) is 19.9. The van der Waals surface area contributed by atoms with E-state index in [1.807, 2.05) is 30.3 Å². The molecule has 0 amide bonds. The van der Waals surface area contributed by atoms with E-state index in [4.69, 9.17) is 4.74 Å². The number of rotatable bonds is 9. The number of methoxy groups -OCH3 is 1. The minimum absolute atomic E-state index is 0.0338. The number of halogens is 2. The molecule has 1 N–H and O–H groups in total. The van der Waals surface area contributed by atoms with Crippen molar-refractivity contribution in [3.63, 3.8) is 0 Å². The minimum atomic E-state index is -1.72. The van der Waals surface area contributed by atoms with Gasteiger partial charge in [0.15, 0.2) is 10.2 Å². The summed E-state index contributed by atoms with van der Waals surface area (Å²) in [5, 5.41) is 15.1. The monoisotopic (exact) mass is 501 g/mol. The first-order valence-corrected chi connectivity index (χ1v) is 11.9. The molecule has 4 rings (SSSR count). The molecular formula is C23H21F2N5O2S2. The summed E-state index contributed by atoms with van der Waals surface area (Å²) in [5.74, 6) is -0.270. The zero-order chi connectivity index (χ0) is 24.1. The van der Waals surface area contributed by atoms with E-state index in [1.54, 1.807) is 20.1 Å². The summed E-state index contributed by atoms with van der Waals surface area (Å²) in [4.78, 5) is 8.38. The summed E-state index contributed by atoms with van der Waals surface area (Å²) in [7, 11) is 1.61. The largest absolute Gasteiger partial charge is 0.497 e. The lowest BCUT2D eigenvalue weighted by atomic mass is 9.90. The number of aliphatic hydroxyl groups is 1. The number of hydrogen-bond acceptors (Lipinski definition) is 8. The maximum atomic E-state index is 14.7. The summed E-state index contributed by atoms with van der Waals surface area (Å²) in [6.45, 7) is 1.67. The molecule has 0 aliphatic rings. The van der Waals surface area contributed by atoms with Crippen LogP contribution in [0.5, 0.6) is 5.75 Å². The van der Waals surface area contributed by atoms with Gasteiger partial charge >= 0.3 is 0 Å². The molecule has 0 spiro atoms. The number of thioether (sulfide) groups is 1. The molecule has 176 valence electrons. The molecule has 0 radical (unpaired) electrons. The summed E-state index contributed by atoms with van der Waals surface area (Å²) in [5.41, 5.74) is -0.790. The summed E-state index contributed by atoms with van der Waals surface area (Å²) in [6.07, 6.45) is 6.42. The minimum Gasteiger partial charge on any atom is -0.497 e. The SMILES string of the molecule is COc1ccc(C=Cc2nsc(S[C@H](C)C(O)(Cn3cncn3)c3ccc(F)cc3F)n2)cc1. The van der Waals surface area contributed by atoms with E-state index in [-0.39, 0.29) is 12.1 Å². The van der Waals surface area contributed by atoms with Crippen LogP contribution in [-0.2, 0) is 12.1 Å². The molecule has 0 aliphatic carbocycles. The fourth-order valence-electron chi connectivity index (χ4n) is 3.30. The van der Waals surface area contributed by atoms with Crippen LogP contribution in [0.1, 0.15) is 23.9 Å². The summed E-state index contributed by atoms with van der Waals surface area (Å²) >= 11 is 2.43. The first kappa shape index (κ1) is 24.0. The van der Waals surface area contributed by atoms with Crippen molar-refractivity contribution in [2.24, 2.45) is 0 Å². The Labute approximate surface area is 203 Å². The number of benzene rings is 2. The molecule has 4 aromatic rings. The van der Waals surface area contributed by atoms with Crippen LogP contribution in [0.2, 0.25) is 0 Å². The molecule has 1 unspecified atom stereocenters. The van der Waals surface area contributed by atoms with E-state index in [2.05, 4.69) is 19.4 Å². The van der Waals surface area contributed by atoms with Gasteiger partial charge in [0.05, 0.1) is 13.7 Å². The van der Waals surface area contributed by atoms with Crippen molar-refractivity contribution in [3.8, 4) is 5.75 Å². The van der Waals surface area contributed by atoms with Crippen LogP contribution < -0.4 is 4.74 Å². The summed E-state index contributed by atoms with van der Waals surface area (Å²) in [6, 6.07) is 10.7. The normalized spacial score (nSPS) is 14.3. The highest BCUT2D eigenvalue weighted by atomic mass is 32.2. The van der Waals surface area contributed by atoms with Crippen molar-refractivity contribution in [3.05, 3.63) is 83.7 Å². The van der Waals surface area contributed by atoms with E-state index >= 15 is 0 Å². The van der Waals surface area contributed by atoms with E-state index in [9.17, 15) is 13.9 Å². The average Bonchev–Trinajstić information content (AvgIpc) is 3.50. The van der Waals surface area contributed by atoms with Gasteiger partial charge in [-0.2, -0.15) is 9.47 Å². The van der Waals surface area contributed by atoms with Gasteiger partial charge in [-0.05, 0) is 48.3 Å². The highest BCUT2D eigenvalue weighted by Gasteiger charge is 2.40. The average molecular weight is 502 g/mol. The Kier molecular flexibility index (Phi) is 7.35. The van der Waals surface area contributed by atoms with Gasteiger partial charge in [0.1, 0.15) is 35.6 Å². The predicted octanol–water partition coefficient (Wildman–Crippen LogP) is 4.66. The van der Waals surface area contributed by atoms with Crippen molar-refractivity contribution in [1.29, 1.82) is 0 Å². The quantitative estimate of drug-likeness (QED) is 0.334. The van der Waals surface area contributed by atoms with Crippen molar-refractivity contribution >= 4 is 35.4 Å². The molecule has 2 aromatic carbocycles. The molecule has 0 bridgehead atoms. The highest BCUT2D eigenvalue weighted by Crippen LogP contribution is 2.39. The van der Waals surface area contributed by atoms with Crippen molar-refractivity contribution in [1.82, 2.24) is 24.1 Å². The first-order chi connectivity index (χ1) is 16.4. The number of ether oxygens (including phenoxy) is 1. The van der Waals surface area contributed by atoms with Crippen LogP contribution in [0.4, 0.5) is 8.78 Å². The molecule has 0 saturated heterocycles. The highest BCUT2D eigenvalue weighted by molar-refractivity contribution is 8.01. The molecule has 2 aromatic heterocycles. The lowest BCUT2D eigenvalue weighted by Gasteiger charge is -2.33. The third kappa shape index (κ3) is 5.49. The lowest BCUT2D eigenvalue weighted by Crippen LogP contribution is -2.41. The molecule has 0 saturated carbocycles. The molecule has 2 atom stereocenters. The molecule has 11 heteroatoms. The Morgan fingerprint density at radius 1 is 1.21 bits per heavy atom. The Balaban J connectivity index is 1.54. The van der Waals surface area contributed by atoms with Gasteiger partial charge in [-0.3, -0.25) is 0 Å². The second kappa shape index (κ2) is 10.4. The van der Waals surface area contributed by atoms with Gasteiger partial charge in [-0.25, -0.2) is 23.4 Å². The van der Waals surface area contributed by atoms with Crippen LogP contribution in [0, 0.1) is 11.6 Å². The van der Waals surface area contributed by atoms with Crippen LogP contribution in [-0.4, -0.2) is 41.6 Å². The second-order valence-corrected chi connectivity index (χ2v) is 9.77. The van der Waals surface area contributed by atoms with Crippen molar-refractivity contribution in [2.75, 3.05) is 7.11 Å². The standard InChI is InChI=1S/C23H21F2N5O2S2/c1-15(23(31,12-30-14-26-13-27-30)19-9-6-17(24)11-20(19)25)33-22-28-21(29-34-22)10-5-16-3-7-18(32-2)8-4-16/h3-11,13-15,31H,12H2,1-2H3/t15-,23?/m1/s1. The number of aromatic nitrogens is 5. The van der Waals surface area contributed by atoms with Crippen LogP contribution in [0.15, 0.2) is 59.5 Å². The van der Waals surface area contributed by atoms with E-state index in [1.165, 1.54) is 46.7 Å². The van der Waals surface area contributed by atoms with Gasteiger partial charge in [-0.15, -0.1) is 0 Å². The fraction of sp³-hybridized carbons (Fsp3) is 0.217. The molecule has 34 heavy (non-hydrogen) atoms. The van der Waals surface area contributed by atoms with Crippen LogP contribution >= 0.6 is 23.3 Å². The van der Waals surface area contributed by atoms with Gasteiger partial charge in [0, 0.05) is 16.9 Å². The van der Waals surface area contributed by atoms with E-state index < -0.39 is 22.5 Å². The maximum absolute atomic E-state index is 14.7. The molecule has 7 nitrogen and oxygen atoms in total. The maximum Gasteiger partial charge on any atom is 0.170 e. The molecular weight excluding hydrogens is 480 g/mol. The van der Waals surface area contributed by atoms with Crippen molar-refractivity contribution < 1.29 is 18.6 Å². The van der Waals surface area contributed by atoms with Gasteiger partial charge in [-0.1, -0.05) is 36.0 Å². The van der Waals surface area contributed by atoms with Gasteiger partial charge < -0.3 is 9.84 Å². The van der Waals surface area contributed by atoms with Crippen molar-refractivity contribution in [2.45, 2.75) is 28.7 Å². The first-order valence-electron chi connectivity index (χ1n) is 10.2. The summed E-state index contributed by atoms with van der Waals surface area (Å²) < 4.78 is 39.7. The topological polar surface area (TPSA) is 86.0 Å². The Morgan fingerprint density at radius 3 is 2.68 bits per heavy atom. The van der Waals surface area contributed by atoms with Gasteiger partial charge in [0.2, 0.25) is 0 Å². The van der Waals surface area contributed by atoms with Crippen LogP contribution in [0.25, 0.3) is 12.2 Å². The van der Waals surface area contributed by atoms with Crippen LogP contribution in [0.3, 0.4) is 0 Å². The lowest BCUT2D eigenvalue weighted by molar-refractivity contribution is 0.0133. The molecule has 2 heterocycles. The third-order valence-corrected chi connectivity index (χ3v) is 7.26. The molecule has 0 aliphatic heterocycles. The number of hydrogen-bond donors (Lipinski definition) is 1. The Bertz CT molecular complexity index is 1260. The molecule has 0 fully saturated rings. The third-order valence-electron chi connectivity index (χ3n) is 5.18. The fourth-order valence-corrected chi connectivity index (χ4v) is 5.27. The smallest absolute Gasteiger partial charge is 0.170 e. The Hall–Kier alpha value is -3.15. The zero-order valence-electron chi connectivity index (χ0n) is 18.3. The number of nitrogens with zero attached hydrogens (tertiary/aromatic N) is 5. The second-order valence-electron chi connectivity index (χ2n) is 7.43. The van der Waals surface area contributed by atoms with Gasteiger partial charge in [0.25, 0.3) is 0 Å². The van der Waals surface area contributed by atoms with E-state index in [0.717, 1.165) is 23.4 Å².